The molecule has 5 aromatic rings. The van der Waals surface area contributed by atoms with Crippen molar-refractivity contribution in [2.24, 2.45) is 0 Å². The molecule has 0 radical (unpaired) electrons. The summed E-state index contributed by atoms with van der Waals surface area (Å²) in [5.41, 5.74) is 5.22. The van der Waals surface area contributed by atoms with Crippen LogP contribution in [0.2, 0.25) is 0 Å². The highest BCUT2D eigenvalue weighted by atomic mass is 16.5. The third kappa shape index (κ3) is 2.98. The van der Waals surface area contributed by atoms with Crippen molar-refractivity contribution in [2.75, 3.05) is 0 Å². The summed E-state index contributed by atoms with van der Waals surface area (Å²) in [5, 5.41) is 13.4. The summed E-state index contributed by atoms with van der Waals surface area (Å²) in [7, 11) is 0. The molecule has 8 nitrogen and oxygen atoms in total. The number of rotatable bonds is 4. The minimum absolute atomic E-state index is 0.104. The largest absolute Gasteiger partial charge is 0.459 e. The van der Waals surface area contributed by atoms with Crippen molar-refractivity contribution in [1.82, 2.24) is 29.4 Å². The van der Waals surface area contributed by atoms with Crippen LogP contribution >= 0.6 is 0 Å². The van der Waals surface area contributed by atoms with E-state index in [-0.39, 0.29) is 12.6 Å². The van der Waals surface area contributed by atoms with Crippen LogP contribution in [0.25, 0.3) is 33.8 Å². The van der Waals surface area contributed by atoms with Crippen LogP contribution in [0.4, 0.5) is 0 Å². The van der Waals surface area contributed by atoms with Gasteiger partial charge < -0.3 is 4.74 Å². The van der Waals surface area contributed by atoms with Crippen LogP contribution in [0.3, 0.4) is 0 Å². The molecule has 0 aliphatic rings. The zero-order chi connectivity index (χ0) is 20.7. The smallest absolute Gasteiger partial charge is 0.303 e. The molecule has 148 valence electrons. The molecule has 0 N–H and O–H groups in total. The molecule has 0 spiro atoms. The Morgan fingerprint density at radius 2 is 1.80 bits per heavy atom. The Labute approximate surface area is 171 Å². The maximum atomic E-state index is 11.4. The van der Waals surface area contributed by atoms with Gasteiger partial charge in [0.2, 0.25) is 0 Å². The van der Waals surface area contributed by atoms with Gasteiger partial charge in [0.1, 0.15) is 23.8 Å². The summed E-state index contributed by atoms with van der Waals surface area (Å²) in [6, 6.07) is 19.4. The van der Waals surface area contributed by atoms with E-state index in [1.807, 2.05) is 72.0 Å². The standard InChI is InChI=1S/C22H18N6O2/c1-14-24-25-22-21(23-18-10-6-7-11-20(18)27(14)22)19-12-17(13-30-15(2)29)28(26-19)16-8-4-3-5-9-16/h3-12H,13H2,1-2H3. The van der Waals surface area contributed by atoms with Crippen molar-refractivity contribution < 1.29 is 9.53 Å². The predicted molar refractivity (Wildman–Crippen MR) is 111 cm³/mol. The molecule has 30 heavy (non-hydrogen) atoms. The quantitative estimate of drug-likeness (QED) is 0.431. The number of carbonyl (C=O) groups excluding carboxylic acids is 1. The molecule has 0 aliphatic carbocycles. The van der Waals surface area contributed by atoms with Crippen molar-refractivity contribution in [2.45, 2.75) is 20.5 Å². The van der Waals surface area contributed by atoms with Crippen molar-refractivity contribution in [3.05, 3.63) is 72.2 Å². The average Bonchev–Trinajstić information content (AvgIpc) is 3.37. The lowest BCUT2D eigenvalue weighted by molar-refractivity contribution is -0.142. The normalized spacial score (nSPS) is 11.3. The zero-order valence-corrected chi connectivity index (χ0v) is 16.5. The van der Waals surface area contributed by atoms with Crippen molar-refractivity contribution in [3.8, 4) is 17.1 Å². The molecule has 0 atom stereocenters. The highest BCUT2D eigenvalue weighted by molar-refractivity contribution is 5.85. The number of fused-ring (bicyclic) bond motifs is 3. The first-order chi connectivity index (χ1) is 14.6. The zero-order valence-electron chi connectivity index (χ0n) is 16.5. The van der Waals surface area contributed by atoms with Gasteiger partial charge in [0, 0.05) is 6.92 Å². The molecule has 3 heterocycles. The van der Waals surface area contributed by atoms with Gasteiger partial charge in [0.15, 0.2) is 5.65 Å². The third-order valence-electron chi connectivity index (χ3n) is 4.84. The molecular formula is C22H18N6O2. The van der Waals surface area contributed by atoms with E-state index in [0.717, 1.165) is 28.2 Å². The molecule has 0 unspecified atom stereocenters. The summed E-state index contributed by atoms with van der Waals surface area (Å²) in [5.74, 6) is 0.421. The minimum Gasteiger partial charge on any atom is -0.459 e. The Morgan fingerprint density at radius 3 is 2.60 bits per heavy atom. The minimum atomic E-state index is -0.350. The van der Waals surface area contributed by atoms with Gasteiger partial charge in [-0.2, -0.15) is 5.10 Å². The van der Waals surface area contributed by atoms with E-state index in [4.69, 9.17) is 14.8 Å². The molecule has 8 heteroatoms. The first kappa shape index (κ1) is 18.0. The Hall–Kier alpha value is -4.07. The van der Waals surface area contributed by atoms with E-state index < -0.39 is 0 Å². The molecule has 5 rings (SSSR count). The van der Waals surface area contributed by atoms with Gasteiger partial charge in [-0.05, 0) is 37.3 Å². The number of aryl methyl sites for hydroxylation is 1. The first-order valence-corrected chi connectivity index (χ1v) is 9.50. The molecule has 2 aromatic carbocycles. The second-order valence-electron chi connectivity index (χ2n) is 6.90. The summed E-state index contributed by atoms with van der Waals surface area (Å²) in [6.45, 7) is 3.40. The van der Waals surface area contributed by atoms with E-state index >= 15 is 0 Å². The van der Waals surface area contributed by atoms with Crippen LogP contribution in [0.15, 0.2) is 60.7 Å². The Morgan fingerprint density at radius 1 is 1.03 bits per heavy atom. The molecule has 0 amide bonds. The lowest BCUT2D eigenvalue weighted by atomic mass is 10.2. The molecule has 0 fully saturated rings. The van der Waals surface area contributed by atoms with Crippen LogP contribution in [-0.4, -0.2) is 35.3 Å². The number of para-hydroxylation sites is 3. The first-order valence-electron chi connectivity index (χ1n) is 9.50. The molecule has 0 aliphatic heterocycles. The SMILES string of the molecule is CC(=O)OCc1cc(-c2nc3ccccc3n3c(C)nnc23)nn1-c1ccccc1. The Bertz CT molecular complexity index is 1390. The van der Waals surface area contributed by atoms with Gasteiger partial charge in [0.25, 0.3) is 0 Å². The lowest BCUT2D eigenvalue weighted by Gasteiger charge is -2.07. The maximum absolute atomic E-state index is 11.4. The number of hydrogen-bond donors (Lipinski definition) is 0. The fourth-order valence-electron chi connectivity index (χ4n) is 3.50. The number of hydrogen-bond acceptors (Lipinski definition) is 6. The summed E-state index contributed by atoms with van der Waals surface area (Å²) >= 11 is 0. The molecule has 0 bridgehead atoms. The van der Waals surface area contributed by atoms with Crippen LogP contribution in [0.1, 0.15) is 18.4 Å². The van der Waals surface area contributed by atoms with Gasteiger partial charge in [-0.3, -0.25) is 9.20 Å². The average molecular weight is 398 g/mol. The topological polar surface area (TPSA) is 87.2 Å². The summed E-state index contributed by atoms with van der Waals surface area (Å²) in [4.78, 5) is 16.2. The third-order valence-corrected chi connectivity index (χ3v) is 4.84. The van der Waals surface area contributed by atoms with Gasteiger partial charge >= 0.3 is 5.97 Å². The Balaban J connectivity index is 1.74. The number of aromatic nitrogens is 6. The van der Waals surface area contributed by atoms with E-state index in [0.29, 0.717) is 17.0 Å². The molecular weight excluding hydrogens is 380 g/mol. The monoisotopic (exact) mass is 398 g/mol. The van der Waals surface area contributed by atoms with Crippen LogP contribution in [0, 0.1) is 6.92 Å². The van der Waals surface area contributed by atoms with E-state index in [1.165, 1.54) is 6.92 Å². The summed E-state index contributed by atoms with van der Waals surface area (Å²) < 4.78 is 8.98. The summed E-state index contributed by atoms with van der Waals surface area (Å²) in [6.07, 6.45) is 0. The molecule has 0 saturated carbocycles. The number of nitrogens with zero attached hydrogens (tertiary/aromatic N) is 6. The number of carbonyl (C=O) groups is 1. The number of ether oxygens (including phenoxy) is 1. The molecule has 0 saturated heterocycles. The fourth-order valence-corrected chi connectivity index (χ4v) is 3.50. The van der Waals surface area contributed by atoms with Crippen LogP contribution < -0.4 is 0 Å². The maximum Gasteiger partial charge on any atom is 0.303 e. The highest BCUT2D eigenvalue weighted by Crippen LogP contribution is 2.27. The van der Waals surface area contributed by atoms with Crippen molar-refractivity contribution >= 4 is 22.6 Å². The predicted octanol–water partition coefficient (Wildman–Crippen LogP) is 3.50. The van der Waals surface area contributed by atoms with Crippen LogP contribution in [0.5, 0.6) is 0 Å². The van der Waals surface area contributed by atoms with E-state index in [2.05, 4.69) is 10.2 Å². The fraction of sp³-hybridized carbons (Fsp3) is 0.136. The second kappa shape index (κ2) is 7.07. The van der Waals surface area contributed by atoms with Crippen LogP contribution in [-0.2, 0) is 16.1 Å². The van der Waals surface area contributed by atoms with Gasteiger partial charge in [0.05, 0.1) is 22.4 Å². The second-order valence-corrected chi connectivity index (χ2v) is 6.90. The highest BCUT2D eigenvalue weighted by Gasteiger charge is 2.19. The van der Waals surface area contributed by atoms with Gasteiger partial charge in [-0.15, -0.1) is 10.2 Å². The van der Waals surface area contributed by atoms with Crippen molar-refractivity contribution in [3.63, 3.8) is 0 Å². The number of esters is 1. The van der Waals surface area contributed by atoms with Gasteiger partial charge in [-0.1, -0.05) is 30.3 Å². The molecule has 3 aromatic heterocycles. The number of benzene rings is 2. The van der Waals surface area contributed by atoms with Crippen molar-refractivity contribution in [1.29, 1.82) is 0 Å². The Kier molecular flexibility index (Phi) is 4.24. The van der Waals surface area contributed by atoms with E-state index in [9.17, 15) is 4.79 Å². The lowest BCUT2D eigenvalue weighted by Crippen LogP contribution is -2.06. The van der Waals surface area contributed by atoms with Gasteiger partial charge in [-0.25, -0.2) is 9.67 Å². The van der Waals surface area contributed by atoms with E-state index in [1.54, 1.807) is 4.68 Å².